The van der Waals surface area contributed by atoms with Gasteiger partial charge in [-0.05, 0) is 92.6 Å². The average Bonchev–Trinajstić information content (AvgIpc) is 2.95. The van der Waals surface area contributed by atoms with Crippen LogP contribution in [0.4, 0.5) is 26.3 Å². The van der Waals surface area contributed by atoms with Crippen LogP contribution in [0, 0.1) is 49.6 Å². The Kier molecular flexibility index (Phi) is 11.3. The van der Waals surface area contributed by atoms with Crippen LogP contribution in [-0.2, 0) is 22.2 Å². The molecule has 13 heteroatoms. The zero-order valence-corrected chi connectivity index (χ0v) is 27.5. The molecule has 1 amide bonds. The molecule has 1 aliphatic heterocycles. The Morgan fingerprint density at radius 2 is 1.67 bits per heavy atom. The van der Waals surface area contributed by atoms with Crippen molar-refractivity contribution in [2.24, 2.45) is 5.92 Å². The lowest BCUT2D eigenvalue weighted by atomic mass is 9.89. The Hall–Kier alpha value is -4.57. The normalized spacial score (nSPS) is 14.7. The number of rotatable bonds is 12. The lowest BCUT2D eigenvalue weighted by molar-refractivity contribution is -0.139. The summed E-state index contributed by atoms with van der Waals surface area (Å²) in [4.78, 5) is 41.1. The number of hydrogen-bond acceptors (Lipinski definition) is 4. The largest absolute Gasteiger partial charge is 0.481 e. The number of terminal acetylenes is 1. The van der Waals surface area contributed by atoms with Crippen LogP contribution in [-0.4, -0.2) is 46.1 Å². The van der Waals surface area contributed by atoms with Crippen molar-refractivity contribution < 1.29 is 41.0 Å². The molecule has 0 radical (unpaired) electrons. The summed E-state index contributed by atoms with van der Waals surface area (Å²) in [5.41, 5.74) is -3.32. The summed E-state index contributed by atoms with van der Waals surface area (Å²) in [6.45, 7) is 8.13. The van der Waals surface area contributed by atoms with Crippen LogP contribution in [0.15, 0.2) is 35.3 Å². The number of hydrogen-bond donors (Lipinski definition) is 2. The molecule has 1 fully saturated rings. The fourth-order valence-corrected chi connectivity index (χ4v) is 6.23. The highest BCUT2D eigenvalue weighted by molar-refractivity contribution is 5.82. The fraction of sp³-hybridized carbons (Fsp3) is 0.417. The van der Waals surface area contributed by atoms with Gasteiger partial charge in [0.25, 0.3) is 5.56 Å². The minimum atomic E-state index is -4.85. The van der Waals surface area contributed by atoms with Crippen LogP contribution in [0.1, 0.15) is 78.6 Å². The first-order chi connectivity index (χ1) is 22.9. The van der Waals surface area contributed by atoms with Gasteiger partial charge in [0, 0.05) is 29.9 Å². The summed E-state index contributed by atoms with van der Waals surface area (Å²) in [7, 11) is 0. The van der Waals surface area contributed by atoms with Gasteiger partial charge in [-0.25, -0.2) is 13.2 Å². The number of alkyl halides is 3. The Morgan fingerprint density at radius 1 is 1.04 bits per heavy atom. The molecule has 1 aliphatic rings. The quantitative estimate of drug-likeness (QED) is 0.163. The third kappa shape index (κ3) is 8.36. The number of aliphatic carboxylic acids is 1. The second-order valence-electron chi connectivity index (χ2n) is 12.8. The first kappa shape index (κ1) is 37.3. The molecule has 0 spiro atoms. The van der Waals surface area contributed by atoms with Crippen molar-refractivity contribution in [2.75, 3.05) is 19.6 Å². The van der Waals surface area contributed by atoms with E-state index in [1.165, 1.54) is 13.8 Å². The van der Waals surface area contributed by atoms with Crippen molar-refractivity contribution in [1.29, 1.82) is 0 Å². The number of amides is 1. The molecule has 49 heavy (non-hydrogen) atoms. The maximum atomic E-state index is 16.4. The van der Waals surface area contributed by atoms with Crippen LogP contribution in [0.25, 0.3) is 11.1 Å². The zero-order valence-electron chi connectivity index (χ0n) is 27.5. The number of pyridine rings is 1. The molecule has 4 rings (SSSR count). The number of aryl methyl sites for hydroxylation is 2. The third-order valence-electron chi connectivity index (χ3n) is 8.65. The summed E-state index contributed by atoms with van der Waals surface area (Å²) >= 11 is 0. The zero-order chi connectivity index (χ0) is 36.4. The van der Waals surface area contributed by atoms with Gasteiger partial charge in [0.15, 0.2) is 0 Å². The molecule has 7 nitrogen and oxygen atoms in total. The Labute approximate surface area is 279 Å². The first-order valence-electron chi connectivity index (χ1n) is 15.7. The minimum absolute atomic E-state index is 0.0624. The number of halogens is 6. The number of nitrogens with zero attached hydrogens (tertiary/aromatic N) is 2. The van der Waals surface area contributed by atoms with Gasteiger partial charge in [0.2, 0.25) is 5.91 Å². The average molecular weight is 690 g/mol. The van der Waals surface area contributed by atoms with Gasteiger partial charge < -0.3 is 19.9 Å². The highest BCUT2D eigenvalue weighted by Crippen LogP contribution is 2.38. The maximum Gasteiger partial charge on any atom is 0.416 e. The number of benzene rings is 2. The molecule has 1 aromatic heterocycles. The summed E-state index contributed by atoms with van der Waals surface area (Å²) < 4.78 is 89.2. The lowest BCUT2D eigenvalue weighted by Gasteiger charge is -2.31. The van der Waals surface area contributed by atoms with Crippen LogP contribution >= 0.6 is 0 Å². The van der Waals surface area contributed by atoms with Crippen molar-refractivity contribution in [3.63, 3.8) is 0 Å². The van der Waals surface area contributed by atoms with Gasteiger partial charge >= 0.3 is 12.1 Å². The second kappa shape index (κ2) is 14.9. The fourth-order valence-electron chi connectivity index (χ4n) is 6.23. The maximum absolute atomic E-state index is 16.4. The topological polar surface area (TPSA) is 91.6 Å². The number of carbonyl (C=O) groups is 2. The van der Waals surface area contributed by atoms with Crippen molar-refractivity contribution >= 4 is 11.9 Å². The first-order valence-corrected chi connectivity index (χ1v) is 15.7. The number of carboxylic acid groups (broad SMARTS) is 1. The molecule has 1 saturated heterocycles. The van der Waals surface area contributed by atoms with E-state index < -0.39 is 76.3 Å². The number of carbonyl (C=O) groups excluding carboxylic acids is 1. The highest BCUT2D eigenvalue weighted by atomic mass is 19.4. The molecule has 3 aromatic rings. The van der Waals surface area contributed by atoms with Gasteiger partial charge in [-0.15, -0.1) is 6.42 Å². The number of aromatic nitrogens is 1. The Bertz CT molecular complexity index is 1830. The highest BCUT2D eigenvalue weighted by Gasteiger charge is 2.37. The van der Waals surface area contributed by atoms with Gasteiger partial charge in [-0.2, -0.15) is 13.2 Å². The van der Waals surface area contributed by atoms with Gasteiger partial charge in [-0.1, -0.05) is 19.8 Å². The van der Waals surface area contributed by atoms with Gasteiger partial charge in [-0.3, -0.25) is 14.4 Å². The van der Waals surface area contributed by atoms with E-state index in [0.717, 1.165) is 48.5 Å². The van der Waals surface area contributed by atoms with Crippen molar-refractivity contribution in [1.82, 2.24) is 14.8 Å². The van der Waals surface area contributed by atoms with E-state index in [2.05, 4.69) is 11.2 Å². The molecule has 2 aromatic carbocycles. The third-order valence-corrected chi connectivity index (χ3v) is 8.65. The monoisotopic (exact) mass is 689 g/mol. The molecule has 0 saturated carbocycles. The molecule has 0 aliphatic carbocycles. The van der Waals surface area contributed by atoms with Gasteiger partial charge in [0.1, 0.15) is 23.5 Å². The molecule has 2 heterocycles. The summed E-state index contributed by atoms with van der Waals surface area (Å²) in [5.74, 6) is -3.96. The standard InChI is InChI=1S/C36H37F6N3O4/c1-6-22-15-25(31-20(4)13-24(37)14-21(31)5)34(39)32(33(22)38)27(17-30(47)48)43-35(49)28(12-19(2)3)45-18-23(8-11-44-9-7-10-44)26(16-29(45)46)36(40,41)42/h1,13-16,18-19,27-28H,7-12,17H2,2-5H3,(H,43,49)(H,47,48)/t27?,28-/m1/s1. The second-order valence-corrected chi connectivity index (χ2v) is 12.8. The van der Waals surface area contributed by atoms with Crippen molar-refractivity contribution in [3.8, 4) is 23.5 Å². The Morgan fingerprint density at radius 3 is 2.18 bits per heavy atom. The van der Waals surface area contributed by atoms with Crippen LogP contribution in [0.3, 0.4) is 0 Å². The van der Waals surface area contributed by atoms with E-state index in [-0.39, 0.29) is 46.6 Å². The smallest absolute Gasteiger partial charge is 0.416 e. The summed E-state index contributed by atoms with van der Waals surface area (Å²) in [6, 6.07) is 0.378. The molecule has 262 valence electrons. The van der Waals surface area contributed by atoms with E-state index in [0.29, 0.717) is 12.6 Å². The SMILES string of the molecule is C#Cc1cc(-c2c(C)cc(F)cc2C)c(F)c(C(CC(=O)O)NC(=O)[C@@H](CC(C)C)n2cc(CCN3CCC3)c(C(F)(F)F)cc2=O)c1F. The molecular weight excluding hydrogens is 652 g/mol. The summed E-state index contributed by atoms with van der Waals surface area (Å²) in [6.07, 6.45) is 1.41. The van der Waals surface area contributed by atoms with Crippen LogP contribution in [0.2, 0.25) is 0 Å². The predicted molar refractivity (Wildman–Crippen MR) is 171 cm³/mol. The molecule has 2 N–H and O–H groups in total. The number of likely N-dealkylation sites (tertiary alicyclic amines) is 1. The lowest BCUT2D eigenvalue weighted by Crippen LogP contribution is -2.41. The van der Waals surface area contributed by atoms with E-state index in [9.17, 15) is 37.1 Å². The Balaban J connectivity index is 1.84. The van der Waals surface area contributed by atoms with E-state index in [1.54, 1.807) is 13.8 Å². The number of carboxylic acids is 1. The van der Waals surface area contributed by atoms with E-state index in [4.69, 9.17) is 6.42 Å². The van der Waals surface area contributed by atoms with Crippen molar-refractivity contribution in [2.45, 2.75) is 71.6 Å². The van der Waals surface area contributed by atoms with Crippen LogP contribution in [0.5, 0.6) is 0 Å². The number of nitrogens with one attached hydrogen (secondary N) is 1. The molecule has 2 atom stereocenters. The molecule has 0 bridgehead atoms. The van der Waals surface area contributed by atoms with Crippen molar-refractivity contribution in [3.05, 3.63) is 91.6 Å². The van der Waals surface area contributed by atoms with E-state index in [1.807, 2.05) is 4.90 Å². The molecule has 1 unspecified atom stereocenters. The van der Waals surface area contributed by atoms with Gasteiger partial charge in [0.05, 0.1) is 23.6 Å². The molecular formula is C36H37F6N3O4. The van der Waals surface area contributed by atoms with Crippen LogP contribution < -0.4 is 10.9 Å². The predicted octanol–water partition coefficient (Wildman–Crippen LogP) is 6.72. The summed E-state index contributed by atoms with van der Waals surface area (Å²) in [5, 5.41) is 12.1. The van der Waals surface area contributed by atoms with E-state index >= 15 is 8.78 Å². The minimum Gasteiger partial charge on any atom is -0.481 e.